The first kappa shape index (κ1) is 5.44. The van der Waals surface area contributed by atoms with Crippen molar-refractivity contribution in [1.82, 2.24) is 10.3 Å². The van der Waals surface area contributed by atoms with Gasteiger partial charge < -0.3 is 10.3 Å². The van der Waals surface area contributed by atoms with Crippen LogP contribution in [0.15, 0.2) is 11.4 Å². The highest BCUT2D eigenvalue weighted by Crippen LogP contribution is 2.27. The fraction of sp³-hybridized carbons (Fsp3) is 0.600. The molecule has 0 atom stereocenters. The largest absolute Gasteiger partial charge is 0.390 e. The Kier molecular flexibility index (Phi) is 1.13. The van der Waals surface area contributed by atoms with Crippen LogP contribution in [0.1, 0.15) is 6.42 Å². The van der Waals surface area contributed by atoms with Gasteiger partial charge in [-0.15, -0.1) is 0 Å². The molecular formula is C5H11N3. The second-order valence-corrected chi connectivity index (χ2v) is 1.96. The van der Waals surface area contributed by atoms with E-state index in [0.717, 1.165) is 6.42 Å². The summed E-state index contributed by atoms with van der Waals surface area (Å²) in [4.78, 5) is 0. The van der Waals surface area contributed by atoms with Crippen LogP contribution in [-0.2, 0) is 0 Å². The molecule has 0 spiro atoms. The Balaban J connectivity index is 2.41. The lowest BCUT2D eigenvalue weighted by atomic mass is 10.7. The molecule has 0 aromatic heterocycles. The number of hydrogen-bond acceptors (Lipinski definition) is 3. The maximum Gasteiger partial charge on any atom is 0.0540 e. The minimum Gasteiger partial charge on any atom is -0.390 e. The maximum atomic E-state index is 5.40. The quantitative estimate of drug-likeness (QED) is 0.379. The van der Waals surface area contributed by atoms with Gasteiger partial charge in [0, 0.05) is 26.2 Å². The highest BCUT2D eigenvalue weighted by Gasteiger charge is 2.21. The zero-order valence-electron chi connectivity index (χ0n) is 5.23. The first-order valence-electron chi connectivity index (χ1n) is 2.64. The predicted octanol–water partition coefficient (Wildman–Crippen LogP) is -0.373. The Hall–Kier alpha value is -0.700. The molecule has 0 aromatic rings. The second kappa shape index (κ2) is 1.67. The van der Waals surface area contributed by atoms with Crippen molar-refractivity contribution >= 4 is 0 Å². The Morgan fingerprint density at radius 1 is 1.75 bits per heavy atom. The van der Waals surface area contributed by atoms with E-state index >= 15 is 0 Å². The van der Waals surface area contributed by atoms with Crippen LogP contribution in [0.5, 0.6) is 0 Å². The summed E-state index contributed by atoms with van der Waals surface area (Å²) in [5, 5.41) is 4.67. The number of hydrazine groups is 1. The first-order valence-corrected chi connectivity index (χ1v) is 2.64. The number of rotatable bonds is 2. The minimum atomic E-state index is 1.03. The molecule has 3 heteroatoms. The van der Waals surface area contributed by atoms with Crippen molar-refractivity contribution in [3.63, 3.8) is 0 Å². The average Bonchev–Trinajstić information content (AvgIpc) is 2.42. The van der Waals surface area contributed by atoms with Crippen molar-refractivity contribution in [2.75, 3.05) is 14.1 Å². The van der Waals surface area contributed by atoms with E-state index in [-0.39, 0.29) is 0 Å². The van der Waals surface area contributed by atoms with E-state index in [1.807, 2.05) is 14.1 Å². The van der Waals surface area contributed by atoms with Crippen LogP contribution in [0, 0.1) is 0 Å². The van der Waals surface area contributed by atoms with Crippen LogP contribution in [-0.4, -0.2) is 19.1 Å². The predicted molar refractivity (Wildman–Crippen MR) is 32.7 cm³/mol. The summed E-state index contributed by atoms with van der Waals surface area (Å²) in [5.74, 6) is 5.40. The van der Waals surface area contributed by atoms with Crippen molar-refractivity contribution < 1.29 is 0 Å². The van der Waals surface area contributed by atoms with E-state index in [0.29, 0.717) is 0 Å². The normalized spacial score (nSPS) is 16.4. The molecule has 0 aromatic carbocycles. The van der Waals surface area contributed by atoms with Crippen LogP contribution in [0.4, 0.5) is 0 Å². The number of hydrogen-bond donors (Lipinski definition) is 2. The lowest BCUT2D eigenvalue weighted by Crippen LogP contribution is -2.20. The van der Waals surface area contributed by atoms with E-state index in [4.69, 9.17) is 5.84 Å². The van der Waals surface area contributed by atoms with Crippen LogP contribution >= 0.6 is 0 Å². The molecule has 1 aliphatic carbocycles. The fourth-order valence-corrected chi connectivity index (χ4v) is 0.694. The van der Waals surface area contributed by atoms with Gasteiger partial charge in [-0.05, 0) is 0 Å². The van der Waals surface area contributed by atoms with Crippen molar-refractivity contribution in [2.45, 2.75) is 6.42 Å². The fourth-order valence-electron chi connectivity index (χ4n) is 0.694. The van der Waals surface area contributed by atoms with E-state index in [2.05, 4.69) is 5.32 Å². The molecule has 0 fully saturated rings. The lowest BCUT2D eigenvalue weighted by Gasteiger charge is -2.02. The number of nitrogens with zero attached hydrogens (tertiary/aromatic N) is 1. The van der Waals surface area contributed by atoms with Crippen LogP contribution in [0.3, 0.4) is 0 Å². The van der Waals surface area contributed by atoms with Gasteiger partial charge in [-0.1, -0.05) is 0 Å². The lowest BCUT2D eigenvalue weighted by molar-refractivity contribution is 0.457. The molecule has 0 unspecified atom stereocenters. The molecule has 0 saturated carbocycles. The molecule has 0 bridgehead atoms. The minimum absolute atomic E-state index is 1.03. The van der Waals surface area contributed by atoms with Crippen molar-refractivity contribution in [3.8, 4) is 0 Å². The molecular weight excluding hydrogens is 102 g/mol. The van der Waals surface area contributed by atoms with Crippen molar-refractivity contribution in [2.24, 2.45) is 5.84 Å². The summed E-state index contributed by atoms with van der Waals surface area (Å²) in [7, 11) is 3.76. The van der Waals surface area contributed by atoms with Gasteiger partial charge in [0.1, 0.15) is 0 Å². The third-order valence-corrected chi connectivity index (χ3v) is 1.30. The molecule has 0 heterocycles. The Morgan fingerprint density at radius 2 is 2.38 bits per heavy atom. The standard InChI is InChI=1S/C5H11N3/c1-7-4-3-5(4)8(2)6/h7H,3,6H2,1-2H3. The van der Waals surface area contributed by atoms with Crippen molar-refractivity contribution in [3.05, 3.63) is 11.4 Å². The van der Waals surface area contributed by atoms with E-state index in [9.17, 15) is 0 Å². The molecule has 3 nitrogen and oxygen atoms in total. The third-order valence-electron chi connectivity index (χ3n) is 1.30. The average molecular weight is 113 g/mol. The molecule has 46 valence electrons. The van der Waals surface area contributed by atoms with E-state index < -0.39 is 0 Å². The highest BCUT2D eigenvalue weighted by atomic mass is 15.4. The van der Waals surface area contributed by atoms with Gasteiger partial charge in [0.05, 0.1) is 5.70 Å². The third kappa shape index (κ3) is 0.767. The number of allylic oxidation sites excluding steroid dienone is 2. The molecule has 0 amide bonds. The van der Waals surface area contributed by atoms with Gasteiger partial charge in [0.15, 0.2) is 0 Å². The molecule has 0 saturated heterocycles. The summed E-state index contributed by atoms with van der Waals surface area (Å²) in [6.45, 7) is 0. The maximum absolute atomic E-state index is 5.40. The molecule has 0 aliphatic heterocycles. The van der Waals surface area contributed by atoms with Crippen molar-refractivity contribution in [1.29, 1.82) is 0 Å². The summed E-state index contributed by atoms with van der Waals surface area (Å²) < 4.78 is 0. The van der Waals surface area contributed by atoms with Gasteiger partial charge >= 0.3 is 0 Å². The van der Waals surface area contributed by atoms with Gasteiger partial charge in [0.2, 0.25) is 0 Å². The first-order chi connectivity index (χ1) is 3.75. The van der Waals surface area contributed by atoms with E-state index in [1.54, 1.807) is 5.01 Å². The highest BCUT2D eigenvalue weighted by molar-refractivity contribution is 5.30. The molecule has 8 heavy (non-hydrogen) atoms. The molecule has 1 rings (SSSR count). The summed E-state index contributed by atoms with van der Waals surface area (Å²) in [6.07, 6.45) is 1.03. The van der Waals surface area contributed by atoms with Gasteiger partial charge in [-0.3, -0.25) is 0 Å². The van der Waals surface area contributed by atoms with Gasteiger partial charge in [-0.25, -0.2) is 5.84 Å². The molecule has 0 radical (unpaired) electrons. The Morgan fingerprint density at radius 3 is 2.50 bits per heavy atom. The van der Waals surface area contributed by atoms with Crippen LogP contribution in [0.2, 0.25) is 0 Å². The molecule has 3 N–H and O–H groups in total. The van der Waals surface area contributed by atoms with Crippen LogP contribution < -0.4 is 11.2 Å². The summed E-state index contributed by atoms with van der Waals surface area (Å²) in [5.41, 5.74) is 2.47. The van der Waals surface area contributed by atoms with E-state index in [1.165, 1.54) is 11.4 Å². The number of nitrogens with two attached hydrogens (primary N) is 1. The summed E-state index contributed by atoms with van der Waals surface area (Å²) in [6, 6.07) is 0. The zero-order chi connectivity index (χ0) is 6.15. The number of nitrogens with one attached hydrogen (secondary N) is 1. The van der Waals surface area contributed by atoms with Gasteiger partial charge in [-0.2, -0.15) is 0 Å². The molecule has 1 aliphatic rings. The van der Waals surface area contributed by atoms with Crippen LogP contribution in [0.25, 0.3) is 0 Å². The topological polar surface area (TPSA) is 41.3 Å². The SMILES string of the molecule is CNC1=C(N(C)N)C1. The Bertz CT molecular complexity index is 126. The monoisotopic (exact) mass is 113 g/mol. The second-order valence-electron chi connectivity index (χ2n) is 1.96. The summed E-state index contributed by atoms with van der Waals surface area (Å²) >= 11 is 0. The zero-order valence-corrected chi connectivity index (χ0v) is 5.23. The Labute approximate surface area is 49.1 Å². The smallest absolute Gasteiger partial charge is 0.0540 e. The van der Waals surface area contributed by atoms with Gasteiger partial charge in [0.25, 0.3) is 0 Å².